The summed E-state index contributed by atoms with van der Waals surface area (Å²) in [5.41, 5.74) is 0.707. The van der Waals surface area contributed by atoms with E-state index >= 15 is 0 Å². The largest absolute Gasteiger partial charge is 0.481 e. The maximum atomic E-state index is 5.85. The van der Waals surface area contributed by atoms with Gasteiger partial charge >= 0.3 is 6.01 Å². The van der Waals surface area contributed by atoms with Crippen LogP contribution in [0.3, 0.4) is 0 Å². The molecule has 0 saturated heterocycles. The Morgan fingerprint density at radius 1 is 1.16 bits per heavy atom. The molecule has 19 heavy (non-hydrogen) atoms. The van der Waals surface area contributed by atoms with Crippen LogP contribution in [0.25, 0.3) is 11.4 Å². The van der Waals surface area contributed by atoms with Crippen molar-refractivity contribution in [3.63, 3.8) is 0 Å². The zero-order chi connectivity index (χ0) is 13.8. The van der Waals surface area contributed by atoms with Gasteiger partial charge in [0.1, 0.15) is 0 Å². The summed E-state index contributed by atoms with van der Waals surface area (Å²) in [7, 11) is 1.55. The molecule has 0 aliphatic carbocycles. The minimum Gasteiger partial charge on any atom is -0.481 e. The van der Waals surface area contributed by atoms with Gasteiger partial charge in [-0.1, -0.05) is 0 Å². The highest BCUT2D eigenvalue weighted by Crippen LogP contribution is 2.20. The van der Waals surface area contributed by atoms with Gasteiger partial charge in [-0.05, 0) is 31.5 Å². The minimum absolute atomic E-state index is 0.0414. The number of rotatable bonds is 4. The molecular weight excluding hydrogens is 268 g/mol. The molecular formula is C12H13ClN4O2. The van der Waals surface area contributed by atoms with Crippen LogP contribution < -0.4 is 9.47 Å². The van der Waals surface area contributed by atoms with E-state index in [1.807, 2.05) is 13.8 Å². The predicted molar refractivity (Wildman–Crippen MR) is 70.4 cm³/mol. The van der Waals surface area contributed by atoms with Crippen molar-refractivity contribution in [2.24, 2.45) is 0 Å². The predicted octanol–water partition coefficient (Wildman–Crippen LogP) is 2.38. The third-order valence-corrected chi connectivity index (χ3v) is 2.30. The first-order chi connectivity index (χ1) is 9.08. The van der Waals surface area contributed by atoms with Crippen molar-refractivity contribution in [3.8, 4) is 23.3 Å². The Hall–Kier alpha value is -1.95. The van der Waals surface area contributed by atoms with Gasteiger partial charge < -0.3 is 9.47 Å². The Bertz CT molecular complexity index is 560. The molecule has 0 amide bonds. The van der Waals surface area contributed by atoms with Crippen molar-refractivity contribution < 1.29 is 9.47 Å². The number of ether oxygens (including phenoxy) is 2. The van der Waals surface area contributed by atoms with Crippen LogP contribution in [0.4, 0.5) is 0 Å². The average molecular weight is 281 g/mol. The molecule has 0 bridgehead atoms. The summed E-state index contributed by atoms with van der Waals surface area (Å²) in [5, 5.41) is 0.0801. The van der Waals surface area contributed by atoms with Crippen molar-refractivity contribution in [3.05, 3.63) is 23.6 Å². The van der Waals surface area contributed by atoms with E-state index in [-0.39, 0.29) is 17.4 Å². The van der Waals surface area contributed by atoms with E-state index in [4.69, 9.17) is 21.1 Å². The van der Waals surface area contributed by atoms with Crippen LogP contribution >= 0.6 is 11.6 Å². The van der Waals surface area contributed by atoms with Crippen LogP contribution in [0, 0.1) is 0 Å². The zero-order valence-corrected chi connectivity index (χ0v) is 11.5. The van der Waals surface area contributed by atoms with Gasteiger partial charge in [-0.2, -0.15) is 15.0 Å². The molecule has 0 radical (unpaired) electrons. The van der Waals surface area contributed by atoms with Crippen LogP contribution in [0.5, 0.6) is 11.9 Å². The molecule has 2 aromatic rings. The van der Waals surface area contributed by atoms with Gasteiger partial charge in [0.15, 0.2) is 5.82 Å². The van der Waals surface area contributed by atoms with Crippen molar-refractivity contribution in [2.75, 3.05) is 7.11 Å². The fraction of sp³-hybridized carbons (Fsp3) is 0.333. The van der Waals surface area contributed by atoms with Crippen molar-refractivity contribution in [1.82, 2.24) is 19.9 Å². The summed E-state index contributed by atoms with van der Waals surface area (Å²) in [6, 6.07) is 3.70. The Labute approximate surface area is 115 Å². The van der Waals surface area contributed by atoms with Gasteiger partial charge in [0.25, 0.3) is 0 Å². The van der Waals surface area contributed by atoms with Crippen LogP contribution in [0.1, 0.15) is 13.8 Å². The lowest BCUT2D eigenvalue weighted by atomic mass is 10.3. The second-order valence-corrected chi connectivity index (χ2v) is 4.30. The first kappa shape index (κ1) is 13.5. The molecule has 2 rings (SSSR count). The van der Waals surface area contributed by atoms with E-state index in [2.05, 4.69) is 19.9 Å². The number of nitrogens with zero attached hydrogens (tertiary/aromatic N) is 4. The number of hydrogen-bond acceptors (Lipinski definition) is 6. The second-order valence-electron chi connectivity index (χ2n) is 3.97. The van der Waals surface area contributed by atoms with E-state index in [9.17, 15) is 0 Å². The molecule has 2 heterocycles. The highest BCUT2D eigenvalue weighted by molar-refractivity contribution is 6.28. The molecule has 0 fully saturated rings. The van der Waals surface area contributed by atoms with Crippen LogP contribution in [0.2, 0.25) is 5.28 Å². The van der Waals surface area contributed by atoms with Gasteiger partial charge in [-0.3, -0.25) is 0 Å². The Kier molecular flexibility index (Phi) is 4.11. The van der Waals surface area contributed by atoms with Gasteiger partial charge in [0.05, 0.1) is 13.2 Å². The lowest BCUT2D eigenvalue weighted by Gasteiger charge is -2.08. The number of halogens is 1. The molecule has 0 saturated carbocycles. The fourth-order valence-corrected chi connectivity index (χ4v) is 1.51. The first-order valence-electron chi connectivity index (χ1n) is 5.67. The fourth-order valence-electron chi connectivity index (χ4n) is 1.36. The summed E-state index contributed by atoms with van der Waals surface area (Å²) in [6.45, 7) is 3.76. The van der Waals surface area contributed by atoms with Gasteiger partial charge in [0, 0.05) is 17.8 Å². The Balaban J connectivity index is 2.34. The lowest BCUT2D eigenvalue weighted by Crippen LogP contribution is -2.09. The van der Waals surface area contributed by atoms with Gasteiger partial charge in [-0.15, -0.1) is 0 Å². The smallest absolute Gasteiger partial charge is 0.321 e. The third-order valence-electron chi connectivity index (χ3n) is 2.13. The Morgan fingerprint density at radius 2 is 1.95 bits per heavy atom. The summed E-state index contributed by atoms with van der Waals surface area (Å²) < 4.78 is 10.4. The van der Waals surface area contributed by atoms with Gasteiger partial charge in [0.2, 0.25) is 11.2 Å². The minimum atomic E-state index is -0.0414. The first-order valence-corrected chi connectivity index (χ1v) is 6.05. The summed E-state index contributed by atoms with van der Waals surface area (Å²) in [4.78, 5) is 16.2. The summed E-state index contributed by atoms with van der Waals surface area (Å²) in [6.07, 6.45) is 1.56. The Morgan fingerprint density at radius 3 is 2.53 bits per heavy atom. The van der Waals surface area contributed by atoms with E-state index < -0.39 is 0 Å². The van der Waals surface area contributed by atoms with E-state index in [1.54, 1.807) is 25.4 Å². The molecule has 0 spiro atoms. The molecule has 100 valence electrons. The number of aromatic nitrogens is 4. The molecule has 0 unspecified atom stereocenters. The SMILES string of the molecule is COc1ccc(-c2nc(Cl)nc(OC(C)C)n2)cn1. The number of methoxy groups -OCH3 is 1. The average Bonchev–Trinajstić information content (AvgIpc) is 2.37. The molecule has 0 atom stereocenters. The molecule has 0 aliphatic rings. The van der Waals surface area contributed by atoms with Crippen molar-refractivity contribution in [2.45, 2.75) is 20.0 Å². The molecule has 0 N–H and O–H groups in total. The van der Waals surface area contributed by atoms with Crippen LogP contribution in [-0.2, 0) is 0 Å². The van der Waals surface area contributed by atoms with Crippen LogP contribution in [-0.4, -0.2) is 33.1 Å². The van der Waals surface area contributed by atoms with E-state index in [1.165, 1.54) is 0 Å². The van der Waals surface area contributed by atoms with Crippen molar-refractivity contribution >= 4 is 11.6 Å². The van der Waals surface area contributed by atoms with Crippen LogP contribution in [0.15, 0.2) is 18.3 Å². The molecule has 2 aromatic heterocycles. The second kappa shape index (κ2) is 5.79. The normalized spacial score (nSPS) is 10.6. The molecule has 6 nitrogen and oxygen atoms in total. The van der Waals surface area contributed by atoms with E-state index in [0.717, 1.165) is 0 Å². The zero-order valence-electron chi connectivity index (χ0n) is 10.8. The highest BCUT2D eigenvalue weighted by Gasteiger charge is 2.10. The monoisotopic (exact) mass is 280 g/mol. The van der Waals surface area contributed by atoms with E-state index in [0.29, 0.717) is 17.3 Å². The highest BCUT2D eigenvalue weighted by atomic mass is 35.5. The number of hydrogen-bond donors (Lipinski definition) is 0. The molecule has 0 aliphatic heterocycles. The lowest BCUT2D eigenvalue weighted by molar-refractivity contribution is 0.222. The molecule has 0 aromatic carbocycles. The quantitative estimate of drug-likeness (QED) is 0.856. The summed E-state index contributed by atoms with van der Waals surface area (Å²) in [5.74, 6) is 0.924. The number of pyridine rings is 1. The molecule has 7 heteroatoms. The maximum Gasteiger partial charge on any atom is 0.321 e. The standard InChI is InChI=1S/C12H13ClN4O2/c1-7(2)19-12-16-10(15-11(13)17-12)8-4-5-9(18-3)14-6-8/h4-7H,1-3H3. The summed E-state index contributed by atoms with van der Waals surface area (Å²) >= 11 is 5.85. The maximum absolute atomic E-state index is 5.85. The third kappa shape index (κ3) is 3.51. The van der Waals surface area contributed by atoms with Gasteiger partial charge in [-0.25, -0.2) is 4.98 Å². The van der Waals surface area contributed by atoms with Crippen molar-refractivity contribution in [1.29, 1.82) is 0 Å². The topological polar surface area (TPSA) is 70.0 Å².